The minimum atomic E-state index is -0.157. The lowest BCUT2D eigenvalue weighted by Crippen LogP contribution is -2.30. The average molecular weight is 489 g/mol. The summed E-state index contributed by atoms with van der Waals surface area (Å²) in [6, 6.07) is 17.5. The van der Waals surface area contributed by atoms with E-state index in [0.29, 0.717) is 17.4 Å². The van der Waals surface area contributed by atoms with Crippen LogP contribution in [0.25, 0.3) is 0 Å². The molecule has 1 fully saturated rings. The number of benzene rings is 1. The van der Waals surface area contributed by atoms with Gasteiger partial charge >= 0.3 is 0 Å². The number of nitrogens with zero attached hydrogens (tertiary/aromatic N) is 3. The van der Waals surface area contributed by atoms with Crippen molar-refractivity contribution >= 4 is 23.0 Å². The SMILES string of the molecule is COc1ccc(OC)c(N2C(=S)NC(c3ccccn3)C2c2cc(C)n(Cc3ccco3)c2C)c1. The van der Waals surface area contributed by atoms with E-state index in [1.54, 1.807) is 20.5 Å². The molecule has 5 rings (SSSR count). The summed E-state index contributed by atoms with van der Waals surface area (Å²) in [6.07, 6.45) is 3.52. The van der Waals surface area contributed by atoms with Crippen LogP contribution >= 0.6 is 12.2 Å². The zero-order valence-electron chi connectivity index (χ0n) is 20.2. The standard InChI is InChI=1S/C27H28N4O3S/c1-17-14-21(18(2)30(17)16-20-8-7-13-34-20)26-25(22-9-5-6-12-28-22)29-27(35)31(26)23-15-19(32-3)10-11-24(23)33-4/h5-15,25-26H,16H2,1-4H3,(H,29,35). The van der Waals surface area contributed by atoms with Crippen LogP contribution in [0.15, 0.2) is 71.5 Å². The molecule has 1 aliphatic rings. The van der Waals surface area contributed by atoms with Crippen LogP contribution in [0.5, 0.6) is 11.5 Å². The molecule has 1 N–H and O–H groups in total. The third kappa shape index (κ3) is 4.14. The maximum atomic E-state index is 5.91. The Labute approximate surface area is 210 Å². The third-order valence-electron chi connectivity index (χ3n) is 6.57. The van der Waals surface area contributed by atoms with Gasteiger partial charge in [-0.2, -0.15) is 0 Å². The first-order valence-corrected chi connectivity index (χ1v) is 11.8. The Morgan fingerprint density at radius 1 is 1.06 bits per heavy atom. The van der Waals surface area contributed by atoms with Crippen LogP contribution in [-0.4, -0.2) is 28.9 Å². The molecule has 0 saturated carbocycles. The van der Waals surface area contributed by atoms with Crippen molar-refractivity contribution in [1.82, 2.24) is 14.9 Å². The highest BCUT2D eigenvalue weighted by molar-refractivity contribution is 7.80. The van der Waals surface area contributed by atoms with Crippen molar-refractivity contribution in [2.75, 3.05) is 19.1 Å². The summed E-state index contributed by atoms with van der Waals surface area (Å²) in [5, 5.41) is 4.13. The summed E-state index contributed by atoms with van der Waals surface area (Å²) in [5.41, 5.74) is 5.19. The van der Waals surface area contributed by atoms with Crippen molar-refractivity contribution in [2.45, 2.75) is 32.5 Å². The van der Waals surface area contributed by atoms with Crippen molar-refractivity contribution in [3.05, 3.63) is 95.5 Å². The molecule has 4 aromatic rings. The van der Waals surface area contributed by atoms with Gasteiger partial charge in [-0.1, -0.05) is 6.07 Å². The summed E-state index contributed by atoms with van der Waals surface area (Å²) in [4.78, 5) is 6.79. The lowest BCUT2D eigenvalue weighted by atomic mass is 9.96. The van der Waals surface area contributed by atoms with Crippen LogP contribution in [-0.2, 0) is 6.54 Å². The Morgan fingerprint density at radius 2 is 1.91 bits per heavy atom. The molecule has 0 aliphatic carbocycles. The summed E-state index contributed by atoms with van der Waals surface area (Å²) < 4.78 is 19.2. The van der Waals surface area contributed by atoms with E-state index in [-0.39, 0.29) is 12.1 Å². The van der Waals surface area contributed by atoms with E-state index in [4.69, 9.17) is 26.1 Å². The Hall–Kier alpha value is -3.78. The summed E-state index contributed by atoms with van der Waals surface area (Å²) in [7, 11) is 3.32. The van der Waals surface area contributed by atoms with Crippen LogP contribution in [0.1, 0.15) is 40.5 Å². The highest BCUT2D eigenvalue weighted by atomic mass is 32.1. The molecular weight excluding hydrogens is 460 g/mol. The molecular formula is C27H28N4O3S. The zero-order chi connectivity index (χ0) is 24.5. The number of rotatable bonds is 7. The van der Waals surface area contributed by atoms with Gasteiger partial charge in [-0.25, -0.2) is 0 Å². The maximum absolute atomic E-state index is 5.91. The second kappa shape index (κ2) is 9.46. The molecule has 0 radical (unpaired) electrons. The van der Waals surface area contributed by atoms with Crippen LogP contribution in [0.4, 0.5) is 5.69 Å². The van der Waals surface area contributed by atoms with Crippen molar-refractivity contribution in [3.63, 3.8) is 0 Å². The number of thiocarbonyl (C=S) groups is 1. The van der Waals surface area contributed by atoms with Crippen molar-refractivity contribution in [3.8, 4) is 11.5 Å². The fourth-order valence-electron chi connectivity index (χ4n) is 4.84. The Bertz CT molecular complexity index is 1330. The van der Waals surface area contributed by atoms with Crippen molar-refractivity contribution in [2.24, 2.45) is 0 Å². The molecule has 2 atom stereocenters. The second-order valence-electron chi connectivity index (χ2n) is 8.53. The van der Waals surface area contributed by atoms with Crippen LogP contribution in [0.2, 0.25) is 0 Å². The van der Waals surface area contributed by atoms with E-state index in [1.807, 2.05) is 54.7 Å². The number of furan rings is 1. The average Bonchev–Trinajstić information content (AvgIpc) is 3.59. The predicted molar refractivity (Wildman–Crippen MR) is 139 cm³/mol. The van der Waals surface area contributed by atoms with Gasteiger partial charge in [-0.05, 0) is 74.1 Å². The normalized spacial score (nSPS) is 17.5. The first-order chi connectivity index (χ1) is 17.0. The highest BCUT2D eigenvalue weighted by Gasteiger charge is 2.43. The predicted octanol–water partition coefficient (Wildman–Crippen LogP) is 5.34. The van der Waals surface area contributed by atoms with E-state index in [2.05, 4.69) is 39.7 Å². The highest BCUT2D eigenvalue weighted by Crippen LogP contribution is 2.46. The molecule has 180 valence electrons. The van der Waals surface area contributed by atoms with Crippen molar-refractivity contribution in [1.29, 1.82) is 0 Å². The van der Waals surface area contributed by atoms with Gasteiger partial charge < -0.3 is 28.7 Å². The molecule has 1 aromatic carbocycles. The van der Waals surface area contributed by atoms with Gasteiger partial charge in [0.2, 0.25) is 0 Å². The number of nitrogens with one attached hydrogen (secondary N) is 1. The molecule has 0 amide bonds. The number of aromatic nitrogens is 2. The van der Waals surface area contributed by atoms with Gasteiger partial charge in [0.25, 0.3) is 0 Å². The first kappa shape index (κ1) is 23.0. The summed E-state index contributed by atoms with van der Waals surface area (Å²) in [6.45, 7) is 4.92. The Morgan fingerprint density at radius 3 is 2.60 bits per heavy atom. The molecule has 0 spiro atoms. The number of pyridine rings is 1. The molecule has 3 aromatic heterocycles. The molecule has 0 bridgehead atoms. The smallest absolute Gasteiger partial charge is 0.174 e. The van der Waals surface area contributed by atoms with Crippen LogP contribution in [0.3, 0.4) is 0 Å². The second-order valence-corrected chi connectivity index (χ2v) is 8.91. The fraction of sp³-hybridized carbons (Fsp3) is 0.259. The first-order valence-electron chi connectivity index (χ1n) is 11.4. The Kier molecular flexibility index (Phi) is 6.21. The van der Waals surface area contributed by atoms with Gasteiger partial charge in [-0.3, -0.25) is 4.98 Å². The van der Waals surface area contributed by atoms with E-state index in [9.17, 15) is 0 Å². The molecule has 8 heteroatoms. The number of aryl methyl sites for hydroxylation is 1. The van der Waals surface area contributed by atoms with E-state index in [0.717, 1.165) is 39.8 Å². The van der Waals surface area contributed by atoms with E-state index >= 15 is 0 Å². The molecule has 35 heavy (non-hydrogen) atoms. The van der Waals surface area contributed by atoms with Gasteiger partial charge in [0.1, 0.15) is 17.3 Å². The summed E-state index contributed by atoms with van der Waals surface area (Å²) >= 11 is 5.91. The van der Waals surface area contributed by atoms with Gasteiger partial charge in [-0.15, -0.1) is 0 Å². The van der Waals surface area contributed by atoms with Gasteiger partial charge in [0.15, 0.2) is 5.11 Å². The molecule has 1 saturated heterocycles. The van der Waals surface area contributed by atoms with Crippen LogP contribution in [0, 0.1) is 13.8 Å². The number of anilines is 1. The lowest BCUT2D eigenvalue weighted by molar-refractivity contribution is 0.403. The van der Waals surface area contributed by atoms with Crippen molar-refractivity contribution < 1.29 is 13.9 Å². The number of methoxy groups -OCH3 is 2. The maximum Gasteiger partial charge on any atom is 0.174 e. The molecule has 7 nitrogen and oxygen atoms in total. The van der Waals surface area contributed by atoms with E-state index < -0.39 is 0 Å². The minimum absolute atomic E-state index is 0.155. The van der Waals surface area contributed by atoms with Gasteiger partial charge in [0, 0.05) is 23.7 Å². The monoisotopic (exact) mass is 488 g/mol. The summed E-state index contributed by atoms with van der Waals surface area (Å²) in [5.74, 6) is 2.35. The quantitative estimate of drug-likeness (QED) is 0.353. The van der Waals surface area contributed by atoms with Gasteiger partial charge in [0.05, 0.1) is 50.5 Å². The van der Waals surface area contributed by atoms with Crippen LogP contribution < -0.4 is 19.7 Å². The topological polar surface area (TPSA) is 64.7 Å². The number of ether oxygens (including phenoxy) is 2. The zero-order valence-corrected chi connectivity index (χ0v) is 21.0. The molecule has 2 unspecified atom stereocenters. The number of hydrogen-bond acceptors (Lipinski definition) is 5. The molecule has 4 heterocycles. The lowest BCUT2D eigenvalue weighted by Gasteiger charge is -2.29. The third-order valence-corrected chi connectivity index (χ3v) is 6.88. The minimum Gasteiger partial charge on any atom is -0.497 e. The fourth-order valence-corrected chi connectivity index (χ4v) is 5.18. The van der Waals surface area contributed by atoms with E-state index in [1.165, 1.54) is 0 Å². The number of hydrogen-bond donors (Lipinski definition) is 1. The largest absolute Gasteiger partial charge is 0.497 e. The Balaban J connectivity index is 1.67. The molecule has 1 aliphatic heterocycles.